The van der Waals surface area contributed by atoms with Crippen LogP contribution in [0.1, 0.15) is 109 Å². The average molecular weight is 511 g/mol. The summed E-state index contributed by atoms with van der Waals surface area (Å²) in [7, 11) is 0. The molecule has 0 unspecified atom stereocenters. The predicted molar refractivity (Wildman–Crippen MR) is 148 cm³/mol. The average Bonchev–Trinajstić information content (AvgIpc) is 2.89. The van der Waals surface area contributed by atoms with Gasteiger partial charge in [-0.3, -0.25) is 19.2 Å². The highest BCUT2D eigenvalue weighted by Crippen LogP contribution is 2.25. The first-order valence-electron chi connectivity index (χ1n) is 13.4. The van der Waals surface area contributed by atoms with Crippen LogP contribution in [0.4, 0.5) is 0 Å². The number of aromatic hydroxyl groups is 1. The number of ketones is 4. The summed E-state index contributed by atoms with van der Waals surface area (Å²) in [5, 5.41) is 9.16. The van der Waals surface area contributed by atoms with E-state index in [1.807, 2.05) is 18.2 Å². The van der Waals surface area contributed by atoms with E-state index in [0.29, 0.717) is 24.2 Å². The van der Waals surface area contributed by atoms with Crippen LogP contribution in [-0.2, 0) is 19.3 Å². The molecule has 3 aliphatic carbocycles. The summed E-state index contributed by atoms with van der Waals surface area (Å²) >= 11 is 0. The Morgan fingerprint density at radius 1 is 0.605 bits per heavy atom. The Balaban J connectivity index is 0.000000133. The van der Waals surface area contributed by atoms with Crippen LogP contribution < -0.4 is 0 Å². The summed E-state index contributed by atoms with van der Waals surface area (Å²) < 4.78 is 0. The summed E-state index contributed by atoms with van der Waals surface area (Å²) in [5.41, 5.74) is 7.78. The second kappa shape index (κ2) is 12.1. The van der Waals surface area contributed by atoms with Crippen molar-refractivity contribution in [3.8, 4) is 5.75 Å². The number of benzene rings is 3. The van der Waals surface area contributed by atoms with Gasteiger partial charge in [0.1, 0.15) is 5.75 Å². The molecule has 1 N–H and O–H groups in total. The number of carbonyl (C=O) groups is 4. The molecule has 3 aliphatic rings. The van der Waals surface area contributed by atoms with Crippen LogP contribution >= 0.6 is 0 Å². The normalized spacial score (nSPS) is 15.6. The van der Waals surface area contributed by atoms with Crippen molar-refractivity contribution in [2.24, 2.45) is 0 Å². The molecule has 0 radical (unpaired) electrons. The van der Waals surface area contributed by atoms with Gasteiger partial charge in [-0.1, -0.05) is 35.9 Å². The Kier molecular flexibility index (Phi) is 8.67. The maximum Gasteiger partial charge on any atom is 0.163 e. The van der Waals surface area contributed by atoms with Gasteiger partial charge in [0, 0.05) is 41.5 Å². The zero-order valence-corrected chi connectivity index (χ0v) is 22.1. The van der Waals surface area contributed by atoms with Crippen LogP contribution in [0.25, 0.3) is 0 Å². The maximum absolute atomic E-state index is 11.5. The Hall–Kier alpha value is -3.86. The molecule has 3 aromatic carbocycles. The number of hydrogen-bond donors (Lipinski definition) is 1. The van der Waals surface area contributed by atoms with Gasteiger partial charge in [0.2, 0.25) is 0 Å². The van der Waals surface area contributed by atoms with E-state index >= 15 is 0 Å². The summed E-state index contributed by atoms with van der Waals surface area (Å²) in [4.78, 5) is 45.3. The van der Waals surface area contributed by atoms with Crippen molar-refractivity contribution < 1.29 is 24.3 Å². The molecule has 0 fully saturated rings. The lowest BCUT2D eigenvalue weighted by molar-refractivity contribution is 0.0964. The third-order valence-corrected chi connectivity index (χ3v) is 7.31. The number of fused-ring (bicyclic) bond motifs is 3. The van der Waals surface area contributed by atoms with Gasteiger partial charge in [-0.2, -0.15) is 0 Å². The highest BCUT2D eigenvalue weighted by molar-refractivity contribution is 6.01. The van der Waals surface area contributed by atoms with Crippen LogP contribution in [0.15, 0.2) is 54.6 Å². The number of aryl methyl sites for hydroxylation is 4. The molecule has 6 rings (SSSR count). The Bertz CT molecular complexity index is 1330. The smallest absolute Gasteiger partial charge is 0.163 e. The quantitative estimate of drug-likeness (QED) is 0.362. The van der Waals surface area contributed by atoms with Gasteiger partial charge in [0.15, 0.2) is 23.1 Å². The van der Waals surface area contributed by atoms with Crippen molar-refractivity contribution >= 4 is 23.1 Å². The van der Waals surface area contributed by atoms with E-state index in [1.165, 1.54) is 11.1 Å². The molecule has 0 aromatic heterocycles. The standard InChI is InChI=1S/C12H12O2.C11H12O.C10H10O2/c1-8(13)9-5-6-11-10(7-9)3-2-4-12(11)14;1-8-5-6-10-9(7-8)3-2-4-11(10)12;11-8-4-5-9-7(6-8)2-1-3-10(9)12/h5-7H,2-4H2,1H3;5-7H,2-4H2,1H3;4-6,11H,1-3H2. The number of Topliss-reactive ketones (excluding diaryl/α,β-unsaturated/α-hetero) is 4. The van der Waals surface area contributed by atoms with Crippen molar-refractivity contribution in [2.45, 2.75) is 71.6 Å². The number of carbonyl (C=O) groups excluding carboxylic acids is 4. The van der Waals surface area contributed by atoms with Crippen molar-refractivity contribution in [1.29, 1.82) is 0 Å². The van der Waals surface area contributed by atoms with Gasteiger partial charge in [0.25, 0.3) is 0 Å². The van der Waals surface area contributed by atoms with Crippen molar-refractivity contribution in [3.63, 3.8) is 0 Å². The van der Waals surface area contributed by atoms with Crippen LogP contribution in [0.5, 0.6) is 5.75 Å². The van der Waals surface area contributed by atoms with Crippen LogP contribution in [0.2, 0.25) is 0 Å². The van der Waals surface area contributed by atoms with Gasteiger partial charge in [-0.25, -0.2) is 0 Å². The number of phenolic OH excluding ortho intramolecular Hbond substituents is 1. The number of rotatable bonds is 1. The number of hydrogen-bond acceptors (Lipinski definition) is 5. The molecule has 0 aliphatic heterocycles. The fourth-order valence-electron chi connectivity index (χ4n) is 5.27. The molecular weight excluding hydrogens is 476 g/mol. The third-order valence-electron chi connectivity index (χ3n) is 7.31. The topological polar surface area (TPSA) is 88.5 Å². The largest absolute Gasteiger partial charge is 0.508 e. The van der Waals surface area contributed by atoms with Gasteiger partial charge in [-0.15, -0.1) is 0 Å². The van der Waals surface area contributed by atoms with E-state index in [0.717, 1.165) is 72.8 Å². The molecule has 0 bridgehead atoms. The van der Waals surface area contributed by atoms with Gasteiger partial charge >= 0.3 is 0 Å². The SMILES string of the molecule is CC(=O)c1ccc2c(c1)CCCC2=O.Cc1ccc2c(c1)CCCC2=O.O=C1CCCc2cc(O)ccc21. The lowest BCUT2D eigenvalue weighted by Gasteiger charge is -2.14. The fourth-order valence-corrected chi connectivity index (χ4v) is 5.27. The molecule has 5 nitrogen and oxygen atoms in total. The fraction of sp³-hybridized carbons (Fsp3) is 0.333. The zero-order valence-electron chi connectivity index (χ0n) is 22.1. The molecule has 3 aromatic rings. The van der Waals surface area contributed by atoms with Gasteiger partial charge in [-0.05, 0) is 93.3 Å². The van der Waals surface area contributed by atoms with Gasteiger partial charge in [0.05, 0.1) is 0 Å². The third kappa shape index (κ3) is 6.52. The van der Waals surface area contributed by atoms with Crippen LogP contribution in [0, 0.1) is 6.92 Å². The number of phenols is 1. The molecule has 0 heterocycles. The summed E-state index contributed by atoms with van der Waals surface area (Å²) in [6.07, 6.45) is 7.78. The minimum Gasteiger partial charge on any atom is -0.508 e. The summed E-state index contributed by atoms with van der Waals surface area (Å²) in [5.74, 6) is 1.04. The lowest BCUT2D eigenvalue weighted by atomic mass is 9.89. The predicted octanol–water partition coefficient (Wildman–Crippen LogP) is 6.83. The Morgan fingerprint density at radius 3 is 1.58 bits per heavy atom. The summed E-state index contributed by atoms with van der Waals surface area (Å²) in [6.45, 7) is 3.62. The Labute approximate surface area is 223 Å². The lowest BCUT2D eigenvalue weighted by Crippen LogP contribution is -2.11. The second-order valence-corrected chi connectivity index (χ2v) is 10.3. The molecule has 196 valence electrons. The molecular formula is C33H34O5. The summed E-state index contributed by atoms with van der Waals surface area (Å²) in [6, 6.07) is 16.5. The van der Waals surface area contributed by atoms with E-state index in [-0.39, 0.29) is 23.1 Å². The maximum atomic E-state index is 11.5. The molecule has 0 saturated heterocycles. The first-order valence-corrected chi connectivity index (χ1v) is 13.4. The zero-order chi connectivity index (χ0) is 27.2. The highest BCUT2D eigenvalue weighted by atomic mass is 16.3. The highest BCUT2D eigenvalue weighted by Gasteiger charge is 2.18. The minimum atomic E-state index is 0.0609. The van der Waals surface area contributed by atoms with Crippen LogP contribution in [0.3, 0.4) is 0 Å². The first kappa shape index (κ1) is 27.2. The Morgan fingerprint density at radius 2 is 1.05 bits per heavy atom. The van der Waals surface area contributed by atoms with E-state index in [2.05, 4.69) is 13.0 Å². The molecule has 0 saturated carbocycles. The van der Waals surface area contributed by atoms with Crippen LogP contribution in [-0.4, -0.2) is 28.2 Å². The van der Waals surface area contributed by atoms with Crippen molar-refractivity contribution in [2.75, 3.05) is 0 Å². The monoisotopic (exact) mass is 510 g/mol. The second-order valence-electron chi connectivity index (χ2n) is 10.3. The van der Waals surface area contributed by atoms with E-state index in [1.54, 1.807) is 37.3 Å². The van der Waals surface area contributed by atoms with E-state index < -0.39 is 0 Å². The minimum absolute atomic E-state index is 0.0609. The molecule has 0 atom stereocenters. The van der Waals surface area contributed by atoms with Crippen molar-refractivity contribution in [1.82, 2.24) is 0 Å². The molecule has 0 spiro atoms. The molecule has 38 heavy (non-hydrogen) atoms. The van der Waals surface area contributed by atoms with E-state index in [4.69, 9.17) is 5.11 Å². The molecule has 0 amide bonds. The van der Waals surface area contributed by atoms with Gasteiger partial charge < -0.3 is 5.11 Å². The first-order chi connectivity index (χ1) is 18.2. The van der Waals surface area contributed by atoms with E-state index in [9.17, 15) is 19.2 Å². The van der Waals surface area contributed by atoms with Crippen molar-refractivity contribution in [3.05, 3.63) is 99.1 Å². The molecule has 5 heteroatoms.